The van der Waals surface area contributed by atoms with Crippen molar-refractivity contribution in [2.75, 3.05) is 27.2 Å². The summed E-state index contributed by atoms with van der Waals surface area (Å²) in [5.41, 5.74) is 5.91. The highest BCUT2D eigenvalue weighted by molar-refractivity contribution is 4.92. The van der Waals surface area contributed by atoms with Crippen LogP contribution in [0.3, 0.4) is 0 Å². The van der Waals surface area contributed by atoms with Crippen molar-refractivity contribution in [2.24, 2.45) is 23.5 Å². The van der Waals surface area contributed by atoms with E-state index in [4.69, 9.17) is 10.5 Å². The number of nitrogens with zero attached hydrogens (tertiary/aromatic N) is 1. The van der Waals surface area contributed by atoms with Gasteiger partial charge in [0.25, 0.3) is 0 Å². The van der Waals surface area contributed by atoms with E-state index < -0.39 is 0 Å². The first kappa shape index (κ1) is 15.3. The lowest BCUT2D eigenvalue weighted by Crippen LogP contribution is -2.45. The summed E-state index contributed by atoms with van der Waals surface area (Å²) in [7, 11) is 4.04. The van der Waals surface area contributed by atoms with Crippen molar-refractivity contribution in [3.63, 3.8) is 0 Å². The maximum atomic E-state index is 5.99. The smallest absolute Gasteiger partial charge is 0.0638 e. The van der Waals surface area contributed by atoms with Crippen LogP contribution in [0.5, 0.6) is 0 Å². The second kappa shape index (κ2) is 6.11. The molecule has 4 atom stereocenters. The van der Waals surface area contributed by atoms with Gasteiger partial charge in [-0.1, -0.05) is 6.42 Å². The SMILES string of the molecule is COC(C)(C)CC(CN)N(C)CC1CC2CCC1C2. The summed E-state index contributed by atoms with van der Waals surface area (Å²) in [5, 5.41) is 0. The molecule has 4 unspecified atom stereocenters. The zero-order valence-corrected chi connectivity index (χ0v) is 13.2. The number of fused-ring (bicyclic) bond motifs is 2. The second-order valence-electron chi connectivity index (χ2n) is 7.43. The van der Waals surface area contributed by atoms with E-state index in [-0.39, 0.29) is 5.60 Å². The van der Waals surface area contributed by atoms with E-state index in [0.29, 0.717) is 6.04 Å². The van der Waals surface area contributed by atoms with Crippen molar-refractivity contribution >= 4 is 0 Å². The molecule has 2 fully saturated rings. The Morgan fingerprint density at radius 3 is 2.53 bits per heavy atom. The van der Waals surface area contributed by atoms with E-state index in [1.54, 1.807) is 7.11 Å². The average molecular weight is 268 g/mol. The molecule has 0 heterocycles. The van der Waals surface area contributed by atoms with Gasteiger partial charge in [0, 0.05) is 26.2 Å². The molecule has 0 aromatic heterocycles. The van der Waals surface area contributed by atoms with E-state index in [1.165, 1.54) is 32.2 Å². The van der Waals surface area contributed by atoms with Gasteiger partial charge in [0.2, 0.25) is 0 Å². The number of ether oxygens (including phenoxy) is 1. The highest BCUT2D eigenvalue weighted by Gasteiger charge is 2.40. The van der Waals surface area contributed by atoms with Crippen LogP contribution in [0.25, 0.3) is 0 Å². The molecule has 0 aromatic carbocycles. The van der Waals surface area contributed by atoms with Gasteiger partial charge in [0.15, 0.2) is 0 Å². The van der Waals surface area contributed by atoms with Gasteiger partial charge >= 0.3 is 0 Å². The molecule has 2 aliphatic carbocycles. The summed E-state index contributed by atoms with van der Waals surface area (Å²) < 4.78 is 5.56. The first-order valence-electron chi connectivity index (χ1n) is 7.90. The zero-order chi connectivity index (χ0) is 14.0. The third-order valence-corrected chi connectivity index (χ3v) is 5.58. The van der Waals surface area contributed by atoms with Gasteiger partial charge in [0.1, 0.15) is 0 Å². The summed E-state index contributed by atoms with van der Waals surface area (Å²) in [6, 6.07) is 0.439. The van der Waals surface area contributed by atoms with E-state index in [1.807, 2.05) is 0 Å². The number of nitrogens with two attached hydrogens (primary N) is 1. The molecule has 19 heavy (non-hydrogen) atoms. The summed E-state index contributed by atoms with van der Waals surface area (Å²) >= 11 is 0. The number of methoxy groups -OCH3 is 1. The van der Waals surface area contributed by atoms with Crippen molar-refractivity contribution in [1.82, 2.24) is 4.90 Å². The van der Waals surface area contributed by atoms with Gasteiger partial charge < -0.3 is 15.4 Å². The first-order chi connectivity index (χ1) is 8.95. The van der Waals surface area contributed by atoms with E-state index in [0.717, 1.165) is 30.7 Å². The van der Waals surface area contributed by atoms with E-state index in [2.05, 4.69) is 25.8 Å². The molecule has 0 aliphatic heterocycles. The molecule has 112 valence electrons. The van der Waals surface area contributed by atoms with Gasteiger partial charge in [-0.05, 0) is 64.3 Å². The Kier molecular flexibility index (Phi) is 4.91. The lowest BCUT2D eigenvalue weighted by Gasteiger charge is -2.36. The van der Waals surface area contributed by atoms with Crippen molar-refractivity contribution in [3.8, 4) is 0 Å². The molecule has 0 saturated heterocycles. The molecule has 3 heteroatoms. The van der Waals surface area contributed by atoms with Crippen molar-refractivity contribution < 1.29 is 4.74 Å². The predicted molar refractivity (Wildman–Crippen MR) is 80.1 cm³/mol. The normalized spacial score (nSPS) is 32.2. The molecular weight excluding hydrogens is 236 g/mol. The molecule has 2 N–H and O–H groups in total. The number of hydrogen-bond donors (Lipinski definition) is 1. The molecule has 0 radical (unpaired) electrons. The first-order valence-corrected chi connectivity index (χ1v) is 7.90. The third-order valence-electron chi connectivity index (χ3n) is 5.58. The van der Waals surface area contributed by atoms with Gasteiger partial charge in [-0.2, -0.15) is 0 Å². The number of rotatable bonds is 7. The predicted octanol–water partition coefficient (Wildman–Crippen LogP) is 2.50. The van der Waals surface area contributed by atoms with Crippen LogP contribution in [0.2, 0.25) is 0 Å². The molecule has 2 rings (SSSR count). The second-order valence-corrected chi connectivity index (χ2v) is 7.43. The van der Waals surface area contributed by atoms with Crippen molar-refractivity contribution in [1.29, 1.82) is 0 Å². The maximum Gasteiger partial charge on any atom is 0.0638 e. The molecule has 0 aromatic rings. The summed E-state index contributed by atoms with van der Waals surface area (Å²) in [6.45, 7) is 6.26. The van der Waals surface area contributed by atoms with Crippen LogP contribution in [0.15, 0.2) is 0 Å². The fourth-order valence-corrected chi connectivity index (χ4v) is 4.19. The highest BCUT2D eigenvalue weighted by Crippen LogP contribution is 2.48. The standard InChI is InChI=1S/C16H32N2O/c1-16(2,19-4)9-15(10-17)18(3)11-14-8-12-5-6-13(14)7-12/h12-15H,5-11,17H2,1-4H3. The fraction of sp³-hybridized carbons (Fsp3) is 1.00. The van der Waals surface area contributed by atoms with Gasteiger partial charge in [0.05, 0.1) is 5.60 Å². The van der Waals surface area contributed by atoms with Crippen LogP contribution >= 0.6 is 0 Å². The molecule has 2 saturated carbocycles. The minimum atomic E-state index is -0.0764. The lowest BCUT2D eigenvalue weighted by molar-refractivity contribution is -0.00693. The maximum absolute atomic E-state index is 5.99. The third kappa shape index (κ3) is 3.71. The number of likely N-dealkylation sites (N-methyl/N-ethyl adjacent to an activating group) is 1. The van der Waals surface area contributed by atoms with Crippen LogP contribution < -0.4 is 5.73 Å². The number of hydrogen-bond acceptors (Lipinski definition) is 3. The Labute approximate surface area is 118 Å². The van der Waals surface area contributed by atoms with E-state index >= 15 is 0 Å². The van der Waals surface area contributed by atoms with E-state index in [9.17, 15) is 0 Å². The Hall–Kier alpha value is -0.120. The van der Waals surface area contributed by atoms with Gasteiger partial charge in [-0.15, -0.1) is 0 Å². The highest BCUT2D eigenvalue weighted by atomic mass is 16.5. The van der Waals surface area contributed by atoms with Crippen LogP contribution in [0.1, 0.15) is 46.0 Å². The fourth-order valence-electron chi connectivity index (χ4n) is 4.19. The molecule has 2 bridgehead atoms. The van der Waals surface area contributed by atoms with Crippen LogP contribution in [-0.2, 0) is 4.74 Å². The average Bonchev–Trinajstić information content (AvgIpc) is 2.98. The van der Waals surface area contributed by atoms with Crippen LogP contribution in [-0.4, -0.2) is 43.8 Å². The minimum absolute atomic E-state index is 0.0764. The Bertz CT molecular complexity index is 292. The molecular formula is C16H32N2O. The summed E-state index contributed by atoms with van der Waals surface area (Å²) in [5.74, 6) is 2.96. The van der Waals surface area contributed by atoms with Crippen LogP contribution in [0.4, 0.5) is 0 Å². The molecule has 0 spiro atoms. The molecule has 0 amide bonds. The Morgan fingerprint density at radius 2 is 2.05 bits per heavy atom. The van der Waals surface area contributed by atoms with Gasteiger partial charge in [-0.3, -0.25) is 0 Å². The zero-order valence-electron chi connectivity index (χ0n) is 13.2. The van der Waals surface area contributed by atoms with Gasteiger partial charge in [-0.25, -0.2) is 0 Å². The Morgan fingerprint density at radius 1 is 1.32 bits per heavy atom. The molecule has 3 nitrogen and oxygen atoms in total. The summed E-state index contributed by atoms with van der Waals surface area (Å²) in [6.07, 6.45) is 6.93. The lowest BCUT2D eigenvalue weighted by atomic mass is 9.87. The quantitative estimate of drug-likeness (QED) is 0.771. The molecule has 2 aliphatic rings. The van der Waals surface area contributed by atoms with Crippen molar-refractivity contribution in [2.45, 2.75) is 57.6 Å². The minimum Gasteiger partial charge on any atom is -0.379 e. The van der Waals surface area contributed by atoms with Crippen LogP contribution in [0, 0.1) is 17.8 Å². The topological polar surface area (TPSA) is 38.5 Å². The summed E-state index contributed by atoms with van der Waals surface area (Å²) in [4.78, 5) is 2.49. The monoisotopic (exact) mass is 268 g/mol. The Balaban J connectivity index is 1.85. The largest absolute Gasteiger partial charge is 0.379 e. The van der Waals surface area contributed by atoms with Crippen molar-refractivity contribution in [3.05, 3.63) is 0 Å².